The molecule has 0 saturated carbocycles. The van der Waals surface area contributed by atoms with Gasteiger partial charge in [0.2, 0.25) is 5.91 Å². The number of phosphoric ester groups is 1. The van der Waals surface area contributed by atoms with Gasteiger partial charge in [0.15, 0.2) is 0 Å². The third-order valence-electron chi connectivity index (χ3n) is 13.5. The maximum Gasteiger partial charge on any atom is 0.472 e. The molecule has 0 bridgehead atoms. The van der Waals surface area contributed by atoms with Crippen LogP contribution in [-0.2, 0) is 18.4 Å². The van der Waals surface area contributed by atoms with E-state index in [1.165, 1.54) is 154 Å². The van der Waals surface area contributed by atoms with E-state index in [0.717, 1.165) is 89.9 Å². The SMILES string of the molecule is CC/C=C\C/C=C\C/C=C\C/C=C\C/C=C\CCCCCCCCCC(=O)NC(COP(=O)(O)OCC[N+](C)(C)C)C(O)/C=C/CC/C=C/CC/C=C/CCCCCCCCCCCCCCCCCCCCCC. The Kier molecular flexibility index (Phi) is 54.2. The third kappa shape index (κ3) is 58.9. The molecule has 0 rings (SSSR count). The van der Waals surface area contributed by atoms with Crippen molar-refractivity contribution in [3.63, 3.8) is 0 Å². The summed E-state index contributed by atoms with van der Waals surface area (Å²) < 4.78 is 23.7. The summed E-state index contributed by atoms with van der Waals surface area (Å²) in [4.78, 5) is 23.3. The van der Waals surface area contributed by atoms with Gasteiger partial charge in [-0.25, -0.2) is 4.57 Å². The van der Waals surface area contributed by atoms with Crippen molar-refractivity contribution in [3.8, 4) is 0 Å². The molecule has 9 heteroatoms. The summed E-state index contributed by atoms with van der Waals surface area (Å²) >= 11 is 0. The Labute approximate surface area is 464 Å². The van der Waals surface area contributed by atoms with Crippen LogP contribution < -0.4 is 5.32 Å². The summed E-state index contributed by atoms with van der Waals surface area (Å²) in [6.07, 6.45) is 81.0. The number of hydrogen-bond acceptors (Lipinski definition) is 5. The topological polar surface area (TPSA) is 105 Å². The molecule has 0 radical (unpaired) electrons. The van der Waals surface area contributed by atoms with Crippen LogP contribution in [0.1, 0.15) is 264 Å². The number of rotatable bonds is 56. The number of amides is 1. The van der Waals surface area contributed by atoms with Crippen LogP contribution in [-0.4, -0.2) is 73.4 Å². The van der Waals surface area contributed by atoms with Gasteiger partial charge in [-0.05, 0) is 89.9 Å². The number of carbonyl (C=O) groups excluding carboxylic acids is 1. The van der Waals surface area contributed by atoms with Crippen LogP contribution in [0.3, 0.4) is 0 Å². The van der Waals surface area contributed by atoms with Gasteiger partial charge in [-0.2, -0.15) is 0 Å². The summed E-state index contributed by atoms with van der Waals surface area (Å²) in [7, 11) is 1.53. The summed E-state index contributed by atoms with van der Waals surface area (Å²) in [6.45, 7) is 4.68. The van der Waals surface area contributed by atoms with Crippen molar-refractivity contribution < 1.29 is 32.9 Å². The van der Waals surface area contributed by atoms with Crippen LogP contribution in [0.4, 0.5) is 0 Å². The molecule has 0 fully saturated rings. The Morgan fingerprint density at radius 1 is 0.467 bits per heavy atom. The predicted molar refractivity (Wildman–Crippen MR) is 327 cm³/mol. The molecular weight excluding hydrogens is 948 g/mol. The van der Waals surface area contributed by atoms with Crippen LogP contribution in [0.2, 0.25) is 0 Å². The van der Waals surface area contributed by atoms with Gasteiger partial charge in [0.1, 0.15) is 13.2 Å². The molecule has 1 amide bonds. The molecule has 434 valence electrons. The zero-order valence-corrected chi connectivity index (χ0v) is 50.4. The molecule has 8 nitrogen and oxygen atoms in total. The third-order valence-corrected chi connectivity index (χ3v) is 14.5. The maximum atomic E-state index is 13.0. The van der Waals surface area contributed by atoms with Gasteiger partial charge >= 0.3 is 7.82 Å². The Balaban J connectivity index is 4.26. The highest BCUT2D eigenvalue weighted by atomic mass is 31.2. The number of likely N-dealkylation sites (N-methyl/N-ethyl adjacent to an activating group) is 1. The first kappa shape index (κ1) is 72.4. The second kappa shape index (κ2) is 56.2. The summed E-state index contributed by atoms with van der Waals surface area (Å²) in [5.41, 5.74) is 0. The van der Waals surface area contributed by atoms with Gasteiger partial charge < -0.3 is 19.8 Å². The molecule has 0 aliphatic heterocycles. The minimum absolute atomic E-state index is 0.0462. The van der Waals surface area contributed by atoms with Crippen LogP contribution in [0.5, 0.6) is 0 Å². The summed E-state index contributed by atoms with van der Waals surface area (Å²) in [5, 5.41) is 13.9. The average molecular weight is 1070 g/mol. The lowest BCUT2D eigenvalue weighted by Gasteiger charge is -2.25. The van der Waals surface area contributed by atoms with Crippen molar-refractivity contribution in [2.45, 2.75) is 276 Å². The fourth-order valence-electron chi connectivity index (χ4n) is 8.69. The fraction of sp³-hybridized carbons (Fsp3) is 0.742. The molecule has 3 N–H and O–H groups in total. The van der Waals surface area contributed by atoms with Crippen molar-refractivity contribution >= 4 is 13.7 Å². The lowest BCUT2D eigenvalue weighted by atomic mass is 10.0. The highest BCUT2D eigenvalue weighted by molar-refractivity contribution is 7.47. The van der Waals surface area contributed by atoms with Crippen LogP contribution in [0.15, 0.2) is 97.2 Å². The van der Waals surface area contributed by atoms with E-state index in [2.05, 4.69) is 104 Å². The Hall–Kier alpha value is -2.58. The van der Waals surface area contributed by atoms with Crippen molar-refractivity contribution in [2.24, 2.45) is 0 Å². The van der Waals surface area contributed by atoms with Crippen LogP contribution in [0.25, 0.3) is 0 Å². The molecule has 0 heterocycles. The number of allylic oxidation sites excluding steroid dienone is 15. The molecule has 0 aromatic carbocycles. The number of nitrogens with one attached hydrogen (secondary N) is 1. The fourth-order valence-corrected chi connectivity index (χ4v) is 9.43. The second-order valence-electron chi connectivity index (χ2n) is 22.0. The van der Waals surface area contributed by atoms with Crippen LogP contribution >= 0.6 is 7.82 Å². The van der Waals surface area contributed by atoms with E-state index >= 15 is 0 Å². The lowest BCUT2D eigenvalue weighted by molar-refractivity contribution is -0.870. The van der Waals surface area contributed by atoms with Crippen molar-refractivity contribution in [1.82, 2.24) is 5.32 Å². The molecule has 0 aromatic rings. The first-order valence-electron chi connectivity index (χ1n) is 31.1. The molecule has 3 atom stereocenters. The summed E-state index contributed by atoms with van der Waals surface area (Å²) in [6, 6.07) is -0.884. The smallest absolute Gasteiger partial charge is 0.387 e. The molecular formula is C66H120N2O6P+. The average Bonchev–Trinajstić information content (AvgIpc) is 3.37. The zero-order chi connectivity index (χ0) is 54.9. The number of hydrogen-bond donors (Lipinski definition) is 3. The largest absolute Gasteiger partial charge is 0.472 e. The summed E-state index contributed by atoms with van der Waals surface area (Å²) in [5.74, 6) is -0.204. The predicted octanol–water partition coefficient (Wildman–Crippen LogP) is 19.4. The lowest BCUT2D eigenvalue weighted by Crippen LogP contribution is -2.45. The molecule has 75 heavy (non-hydrogen) atoms. The number of quaternary nitrogens is 1. The van der Waals surface area contributed by atoms with E-state index in [-0.39, 0.29) is 19.1 Å². The number of carbonyl (C=O) groups is 1. The molecule has 0 aliphatic carbocycles. The van der Waals surface area contributed by atoms with Gasteiger partial charge in [-0.1, -0.05) is 265 Å². The standard InChI is InChI=1S/C66H119N2O6P/c1-6-8-10-12-14-16-18-20-22-24-26-28-30-31-32-33-34-35-36-38-39-41-43-45-47-49-51-53-55-57-59-65(69)64(63-74-75(71,72)73-62-61-68(3,4)5)67-66(70)60-58-56-54-52-50-48-46-44-42-40-37-29-27-25-23-21-19-17-15-13-11-9-7-2/h9,11,15,17,21,23,27,29,40-43,49,51,57,59,64-65,69H,6-8,10,12-14,16,18-20,22,24-26,28,30-39,44-48,50,52-56,58,60-63H2,1-5H3,(H-,67,70,71,72)/p+1/b11-9-,17-15-,23-21-,29-27-,42-40-,43-41+,51-49+,59-57+. The Morgan fingerprint density at radius 3 is 1.23 bits per heavy atom. The van der Waals surface area contributed by atoms with E-state index in [4.69, 9.17) is 9.05 Å². The van der Waals surface area contributed by atoms with Crippen molar-refractivity contribution in [2.75, 3.05) is 40.9 Å². The number of phosphoric acid groups is 1. The van der Waals surface area contributed by atoms with E-state index in [0.29, 0.717) is 17.4 Å². The number of unbranched alkanes of at least 4 members (excludes halogenated alkanes) is 29. The minimum Gasteiger partial charge on any atom is -0.387 e. The van der Waals surface area contributed by atoms with E-state index in [1.807, 2.05) is 27.2 Å². The normalized spacial score (nSPS) is 14.5. The molecule has 0 aromatic heterocycles. The van der Waals surface area contributed by atoms with Crippen molar-refractivity contribution in [1.29, 1.82) is 0 Å². The zero-order valence-electron chi connectivity index (χ0n) is 49.5. The van der Waals surface area contributed by atoms with Crippen LogP contribution in [0, 0.1) is 0 Å². The molecule has 0 aliphatic rings. The number of nitrogens with zero attached hydrogens (tertiary/aromatic N) is 1. The first-order valence-corrected chi connectivity index (χ1v) is 32.6. The first-order chi connectivity index (χ1) is 36.5. The Morgan fingerprint density at radius 2 is 0.813 bits per heavy atom. The van der Waals surface area contributed by atoms with Gasteiger partial charge in [0.05, 0.1) is 39.9 Å². The highest BCUT2D eigenvalue weighted by Gasteiger charge is 2.27. The van der Waals surface area contributed by atoms with Gasteiger partial charge in [-0.3, -0.25) is 13.8 Å². The van der Waals surface area contributed by atoms with E-state index in [1.54, 1.807) is 6.08 Å². The quantitative estimate of drug-likeness (QED) is 0.0243. The molecule has 0 saturated heterocycles. The highest BCUT2D eigenvalue weighted by Crippen LogP contribution is 2.43. The minimum atomic E-state index is -4.37. The molecule has 3 unspecified atom stereocenters. The number of aliphatic hydroxyl groups is 1. The Bertz CT molecular complexity index is 1540. The van der Waals surface area contributed by atoms with Gasteiger partial charge in [-0.15, -0.1) is 0 Å². The monoisotopic (exact) mass is 1070 g/mol. The van der Waals surface area contributed by atoms with E-state index < -0.39 is 20.0 Å². The van der Waals surface area contributed by atoms with Crippen molar-refractivity contribution in [3.05, 3.63) is 97.2 Å². The maximum absolute atomic E-state index is 13.0. The number of aliphatic hydroxyl groups excluding tert-OH is 1. The van der Waals surface area contributed by atoms with E-state index in [9.17, 15) is 19.4 Å². The second-order valence-corrected chi connectivity index (χ2v) is 23.5. The molecule has 0 spiro atoms. The van der Waals surface area contributed by atoms with Gasteiger partial charge in [0.25, 0.3) is 0 Å². The van der Waals surface area contributed by atoms with Gasteiger partial charge in [0, 0.05) is 6.42 Å².